The van der Waals surface area contributed by atoms with E-state index in [-0.39, 0.29) is 5.60 Å². The van der Waals surface area contributed by atoms with Gasteiger partial charge >= 0.3 is 0 Å². The zero-order chi connectivity index (χ0) is 11.2. The molecule has 1 unspecified atom stereocenters. The largest absolute Gasteiger partial charge is 0.379 e. The number of hydrogen-bond acceptors (Lipinski definition) is 4. The first-order valence-corrected chi connectivity index (χ1v) is 5.07. The van der Waals surface area contributed by atoms with E-state index in [4.69, 9.17) is 10.6 Å². The minimum Gasteiger partial charge on any atom is -0.379 e. The fraction of sp³-hybridized carbons (Fsp3) is 1.00. The fourth-order valence-electron chi connectivity index (χ4n) is 1.29. The van der Waals surface area contributed by atoms with Gasteiger partial charge in [-0.15, -0.1) is 0 Å². The predicted octanol–water partition coefficient (Wildman–Crippen LogP) is 0.585. The molecule has 0 saturated heterocycles. The molecule has 0 aromatic heterocycles. The van der Waals surface area contributed by atoms with Gasteiger partial charge < -0.3 is 9.64 Å². The highest BCUT2D eigenvalue weighted by Crippen LogP contribution is 2.16. The Morgan fingerprint density at radius 3 is 2.36 bits per heavy atom. The maximum Gasteiger partial charge on any atom is 0.0623 e. The van der Waals surface area contributed by atoms with E-state index in [1.807, 2.05) is 14.1 Å². The Balaban J connectivity index is 3.83. The van der Waals surface area contributed by atoms with Crippen LogP contribution in [-0.2, 0) is 4.74 Å². The van der Waals surface area contributed by atoms with Gasteiger partial charge in [-0.05, 0) is 40.8 Å². The van der Waals surface area contributed by atoms with E-state index in [1.165, 1.54) is 0 Å². The van der Waals surface area contributed by atoms with Crippen molar-refractivity contribution in [2.75, 3.05) is 27.7 Å². The van der Waals surface area contributed by atoms with Gasteiger partial charge in [0.1, 0.15) is 0 Å². The lowest BCUT2D eigenvalue weighted by Gasteiger charge is -2.26. The van der Waals surface area contributed by atoms with E-state index in [0.717, 1.165) is 19.4 Å². The van der Waals surface area contributed by atoms with Gasteiger partial charge in [0.25, 0.3) is 0 Å². The summed E-state index contributed by atoms with van der Waals surface area (Å²) in [5.74, 6) is 5.47. The number of hydrazine groups is 1. The van der Waals surface area contributed by atoms with Crippen molar-refractivity contribution >= 4 is 0 Å². The number of nitrogens with two attached hydrogens (primary N) is 1. The summed E-state index contributed by atoms with van der Waals surface area (Å²) in [6.07, 6.45) is 2.03. The van der Waals surface area contributed by atoms with Crippen LogP contribution in [0, 0.1) is 0 Å². The summed E-state index contributed by atoms with van der Waals surface area (Å²) in [5.41, 5.74) is 2.78. The zero-order valence-corrected chi connectivity index (χ0v) is 10.1. The molecular formula is C10H25N3O. The van der Waals surface area contributed by atoms with E-state index >= 15 is 0 Å². The number of methoxy groups -OCH3 is 1. The zero-order valence-electron chi connectivity index (χ0n) is 10.1. The maximum absolute atomic E-state index is 5.47. The highest BCUT2D eigenvalue weighted by molar-refractivity contribution is 4.74. The second kappa shape index (κ2) is 6.35. The van der Waals surface area contributed by atoms with Gasteiger partial charge in [0.2, 0.25) is 0 Å². The highest BCUT2D eigenvalue weighted by Gasteiger charge is 2.18. The maximum atomic E-state index is 5.47. The fourth-order valence-corrected chi connectivity index (χ4v) is 1.29. The third kappa shape index (κ3) is 6.32. The van der Waals surface area contributed by atoms with Crippen molar-refractivity contribution in [2.24, 2.45) is 5.84 Å². The second-order valence-electron chi connectivity index (χ2n) is 4.63. The van der Waals surface area contributed by atoms with Crippen molar-refractivity contribution in [1.82, 2.24) is 10.3 Å². The molecule has 0 bridgehead atoms. The summed E-state index contributed by atoms with van der Waals surface area (Å²) in [5, 5.41) is 0. The molecule has 0 amide bonds. The molecule has 0 aliphatic rings. The van der Waals surface area contributed by atoms with E-state index in [2.05, 4.69) is 24.2 Å². The van der Waals surface area contributed by atoms with E-state index in [9.17, 15) is 0 Å². The van der Waals surface area contributed by atoms with Gasteiger partial charge in [0, 0.05) is 19.7 Å². The van der Waals surface area contributed by atoms with Crippen LogP contribution < -0.4 is 11.3 Å². The molecule has 0 aliphatic heterocycles. The Morgan fingerprint density at radius 2 is 2.00 bits per heavy atom. The Bertz CT molecular complexity index is 148. The van der Waals surface area contributed by atoms with Crippen LogP contribution in [0.3, 0.4) is 0 Å². The molecule has 0 fully saturated rings. The van der Waals surface area contributed by atoms with Crippen molar-refractivity contribution in [3.8, 4) is 0 Å². The molecule has 0 rings (SSSR count). The first-order chi connectivity index (χ1) is 6.41. The van der Waals surface area contributed by atoms with Crippen LogP contribution >= 0.6 is 0 Å². The van der Waals surface area contributed by atoms with E-state index in [1.54, 1.807) is 7.11 Å². The summed E-state index contributed by atoms with van der Waals surface area (Å²) < 4.78 is 5.36. The van der Waals surface area contributed by atoms with Crippen molar-refractivity contribution in [1.29, 1.82) is 0 Å². The molecule has 3 N–H and O–H groups in total. The lowest BCUT2D eigenvalue weighted by Crippen LogP contribution is -2.43. The lowest BCUT2D eigenvalue weighted by atomic mass is 9.99. The van der Waals surface area contributed by atoms with Crippen LogP contribution in [0.15, 0.2) is 0 Å². The average Bonchev–Trinajstić information content (AvgIpc) is 2.12. The van der Waals surface area contributed by atoms with E-state index < -0.39 is 0 Å². The molecular weight excluding hydrogens is 178 g/mol. The molecule has 0 aliphatic carbocycles. The molecule has 0 saturated carbocycles. The van der Waals surface area contributed by atoms with Crippen LogP contribution in [0.4, 0.5) is 0 Å². The molecule has 0 aromatic rings. The summed E-state index contributed by atoms with van der Waals surface area (Å²) in [4.78, 5) is 2.13. The minimum absolute atomic E-state index is 0.0542. The molecule has 86 valence electrons. The van der Waals surface area contributed by atoms with Crippen LogP contribution in [0.5, 0.6) is 0 Å². The topological polar surface area (TPSA) is 50.5 Å². The van der Waals surface area contributed by atoms with Gasteiger partial charge in [0.05, 0.1) is 5.60 Å². The Kier molecular flexibility index (Phi) is 6.27. The highest BCUT2D eigenvalue weighted by atomic mass is 16.5. The quantitative estimate of drug-likeness (QED) is 0.469. The molecule has 0 heterocycles. The van der Waals surface area contributed by atoms with Crippen molar-refractivity contribution in [3.05, 3.63) is 0 Å². The third-order valence-corrected chi connectivity index (χ3v) is 2.47. The minimum atomic E-state index is -0.0542. The normalized spacial score (nSPS) is 14.8. The van der Waals surface area contributed by atoms with Crippen molar-refractivity contribution in [3.63, 3.8) is 0 Å². The van der Waals surface area contributed by atoms with Gasteiger partial charge in [-0.3, -0.25) is 11.3 Å². The van der Waals surface area contributed by atoms with Crippen LogP contribution in [0.2, 0.25) is 0 Å². The summed E-state index contributed by atoms with van der Waals surface area (Å²) in [7, 11) is 5.84. The number of nitrogens with zero attached hydrogens (tertiary/aromatic N) is 1. The third-order valence-electron chi connectivity index (χ3n) is 2.47. The number of nitrogens with one attached hydrogen (secondary N) is 1. The SMILES string of the molecule is COC(C)(C)CCC(CN(C)C)NN. The molecule has 1 atom stereocenters. The van der Waals surface area contributed by atoms with Gasteiger partial charge in [-0.25, -0.2) is 0 Å². The standard InChI is InChI=1S/C10H25N3O/c1-10(2,14-5)7-6-9(12-11)8-13(3)4/h9,12H,6-8,11H2,1-5H3. The number of hydrogen-bond donors (Lipinski definition) is 2. The molecule has 14 heavy (non-hydrogen) atoms. The molecule has 0 spiro atoms. The molecule has 0 radical (unpaired) electrons. The smallest absolute Gasteiger partial charge is 0.0623 e. The monoisotopic (exact) mass is 203 g/mol. The molecule has 4 nitrogen and oxygen atoms in total. The van der Waals surface area contributed by atoms with Crippen LogP contribution in [-0.4, -0.2) is 44.3 Å². The van der Waals surface area contributed by atoms with Gasteiger partial charge in [-0.1, -0.05) is 0 Å². The van der Waals surface area contributed by atoms with Crippen LogP contribution in [0.25, 0.3) is 0 Å². The van der Waals surface area contributed by atoms with Gasteiger partial charge in [0.15, 0.2) is 0 Å². The van der Waals surface area contributed by atoms with Crippen molar-refractivity contribution < 1.29 is 4.74 Å². The first kappa shape index (κ1) is 13.8. The Morgan fingerprint density at radius 1 is 1.43 bits per heavy atom. The lowest BCUT2D eigenvalue weighted by molar-refractivity contribution is 0.0111. The predicted molar refractivity (Wildman–Crippen MR) is 60.0 cm³/mol. The number of likely N-dealkylation sites (N-methyl/N-ethyl adjacent to an activating group) is 1. The van der Waals surface area contributed by atoms with Crippen molar-refractivity contribution in [2.45, 2.75) is 38.3 Å². The van der Waals surface area contributed by atoms with Crippen LogP contribution in [0.1, 0.15) is 26.7 Å². The Labute approximate surface area is 87.8 Å². The number of rotatable bonds is 7. The first-order valence-electron chi connectivity index (χ1n) is 5.07. The second-order valence-corrected chi connectivity index (χ2v) is 4.63. The Hall–Kier alpha value is -0.160. The summed E-state index contributed by atoms with van der Waals surface area (Å²) >= 11 is 0. The summed E-state index contributed by atoms with van der Waals surface area (Å²) in [6.45, 7) is 5.14. The molecule has 4 heteroatoms. The number of ether oxygens (including phenoxy) is 1. The van der Waals surface area contributed by atoms with E-state index in [0.29, 0.717) is 6.04 Å². The molecule has 0 aromatic carbocycles. The summed E-state index contributed by atoms with van der Waals surface area (Å²) in [6, 6.07) is 0.333. The average molecular weight is 203 g/mol. The van der Waals surface area contributed by atoms with Gasteiger partial charge in [-0.2, -0.15) is 0 Å².